The lowest BCUT2D eigenvalue weighted by atomic mass is 10.3. The van der Waals surface area contributed by atoms with Crippen molar-refractivity contribution >= 4 is 0 Å². The van der Waals surface area contributed by atoms with Gasteiger partial charge in [0.15, 0.2) is 0 Å². The summed E-state index contributed by atoms with van der Waals surface area (Å²) in [6, 6.07) is 0. The first-order chi connectivity index (χ1) is 4.31. The van der Waals surface area contributed by atoms with E-state index >= 15 is 0 Å². The minimum Gasteiger partial charge on any atom is -0.298 e. The monoisotopic (exact) mass is 133 g/mol. The van der Waals surface area contributed by atoms with Crippen LogP contribution in [0.3, 0.4) is 0 Å². The summed E-state index contributed by atoms with van der Waals surface area (Å²) in [6.45, 7) is 4.52. The molecule has 0 amide bonds. The first-order valence-corrected chi connectivity index (χ1v) is 3.13. The molecule has 9 heavy (non-hydrogen) atoms. The molecule has 0 radical (unpaired) electrons. The second kappa shape index (κ2) is 5.97. The van der Waals surface area contributed by atoms with Crippen molar-refractivity contribution in [3.05, 3.63) is 0 Å². The Morgan fingerprint density at radius 2 is 2.33 bits per heavy atom. The fourth-order valence-electron chi connectivity index (χ4n) is 0.309. The second-order valence-corrected chi connectivity index (χ2v) is 1.86. The molecule has 0 aliphatic rings. The van der Waals surface area contributed by atoms with Gasteiger partial charge in [-0.15, -0.1) is 0 Å². The van der Waals surface area contributed by atoms with Gasteiger partial charge in [0, 0.05) is 0 Å². The molecule has 4 nitrogen and oxygen atoms in total. The maximum absolute atomic E-state index is 5.04. The van der Waals surface area contributed by atoms with Gasteiger partial charge in [0.25, 0.3) is 0 Å². The number of nitrogens with one attached hydrogen (secondary N) is 2. The summed E-state index contributed by atoms with van der Waals surface area (Å²) in [6.07, 6.45) is 1.25. The highest BCUT2D eigenvalue weighted by Gasteiger charge is 1.94. The molecule has 4 N–H and O–H groups in total. The molecule has 56 valence electrons. The number of hydroxylamine groups is 1. The molecule has 0 saturated heterocycles. The highest BCUT2D eigenvalue weighted by molar-refractivity contribution is 4.40. The lowest BCUT2D eigenvalue weighted by molar-refractivity contribution is -0.0195. The summed E-state index contributed by atoms with van der Waals surface area (Å²) < 4.78 is 0. The largest absolute Gasteiger partial charge is 0.298 e. The summed E-state index contributed by atoms with van der Waals surface area (Å²) in [5.41, 5.74) is 5.06. The topological polar surface area (TPSA) is 59.3 Å². The Morgan fingerprint density at radius 1 is 1.67 bits per heavy atom. The molecular weight excluding hydrogens is 118 g/mol. The fourth-order valence-corrected chi connectivity index (χ4v) is 0.309. The Morgan fingerprint density at radius 3 is 2.78 bits per heavy atom. The highest BCUT2D eigenvalue weighted by atomic mass is 16.7. The van der Waals surface area contributed by atoms with Crippen LogP contribution in [0.4, 0.5) is 0 Å². The third kappa shape index (κ3) is 5.72. The van der Waals surface area contributed by atoms with Crippen LogP contribution < -0.4 is 16.7 Å². The third-order valence-electron chi connectivity index (χ3n) is 1.03. The van der Waals surface area contributed by atoms with Gasteiger partial charge in [-0.3, -0.25) is 10.7 Å². The molecule has 0 aliphatic heterocycles. The van der Waals surface area contributed by atoms with Gasteiger partial charge in [0.1, 0.15) is 0 Å². The molecular formula is C5H15N3O. The zero-order valence-corrected chi connectivity index (χ0v) is 5.98. The standard InChI is InChI=1S/C5H15N3O/c1-3-5(2)9-8-4-7-6/h5,7-8H,3-4,6H2,1-2H3. The van der Waals surface area contributed by atoms with Gasteiger partial charge >= 0.3 is 0 Å². The van der Waals surface area contributed by atoms with Crippen molar-refractivity contribution in [3.8, 4) is 0 Å². The van der Waals surface area contributed by atoms with Crippen molar-refractivity contribution in [2.45, 2.75) is 26.4 Å². The molecule has 0 bridgehead atoms. The molecule has 0 aliphatic carbocycles. The average molecular weight is 133 g/mol. The van der Waals surface area contributed by atoms with Gasteiger partial charge in [0.05, 0.1) is 12.8 Å². The Hall–Kier alpha value is -0.160. The number of hydrogen-bond donors (Lipinski definition) is 3. The first-order valence-electron chi connectivity index (χ1n) is 3.13. The number of hydrazine groups is 1. The normalized spacial score (nSPS) is 13.7. The molecule has 0 spiro atoms. The van der Waals surface area contributed by atoms with Crippen LogP contribution in [0, 0.1) is 0 Å². The van der Waals surface area contributed by atoms with E-state index in [-0.39, 0.29) is 6.10 Å². The summed E-state index contributed by atoms with van der Waals surface area (Å²) in [7, 11) is 0. The van der Waals surface area contributed by atoms with Gasteiger partial charge in [0.2, 0.25) is 0 Å². The Kier molecular flexibility index (Phi) is 5.86. The molecule has 0 heterocycles. The van der Waals surface area contributed by atoms with Gasteiger partial charge in [-0.2, -0.15) is 5.48 Å². The van der Waals surface area contributed by atoms with Crippen LogP contribution in [0.25, 0.3) is 0 Å². The molecule has 1 atom stereocenters. The third-order valence-corrected chi connectivity index (χ3v) is 1.03. The molecule has 1 unspecified atom stereocenters. The van der Waals surface area contributed by atoms with Crippen LogP contribution in [-0.2, 0) is 4.84 Å². The number of rotatable bonds is 5. The van der Waals surface area contributed by atoms with E-state index in [0.717, 1.165) is 6.42 Å². The molecule has 0 saturated carbocycles. The van der Waals surface area contributed by atoms with Crippen molar-refractivity contribution < 1.29 is 4.84 Å². The van der Waals surface area contributed by atoms with Crippen LogP contribution >= 0.6 is 0 Å². The lowest BCUT2D eigenvalue weighted by Gasteiger charge is -2.09. The minimum absolute atomic E-state index is 0.248. The Bertz CT molecular complexity index is 60.2. The molecule has 4 heteroatoms. The van der Waals surface area contributed by atoms with Crippen LogP contribution in [0.5, 0.6) is 0 Å². The van der Waals surface area contributed by atoms with E-state index in [4.69, 9.17) is 10.7 Å². The minimum atomic E-state index is 0.248. The number of hydrogen-bond acceptors (Lipinski definition) is 4. The van der Waals surface area contributed by atoms with E-state index in [9.17, 15) is 0 Å². The summed E-state index contributed by atoms with van der Waals surface area (Å²) >= 11 is 0. The van der Waals surface area contributed by atoms with E-state index in [1.807, 2.05) is 6.92 Å². The van der Waals surface area contributed by atoms with Crippen molar-refractivity contribution in [2.75, 3.05) is 6.67 Å². The zero-order valence-electron chi connectivity index (χ0n) is 5.98. The first kappa shape index (κ1) is 8.84. The van der Waals surface area contributed by atoms with Gasteiger partial charge in [-0.05, 0) is 13.3 Å². The van der Waals surface area contributed by atoms with Crippen LogP contribution in [0.15, 0.2) is 0 Å². The molecule has 0 rings (SSSR count). The van der Waals surface area contributed by atoms with E-state index < -0.39 is 0 Å². The van der Waals surface area contributed by atoms with Crippen molar-refractivity contribution in [1.29, 1.82) is 0 Å². The molecule has 0 aromatic heterocycles. The molecule has 0 aromatic rings. The predicted molar refractivity (Wildman–Crippen MR) is 36.2 cm³/mol. The lowest BCUT2D eigenvalue weighted by Crippen LogP contribution is -2.35. The Labute approximate surface area is 55.7 Å². The van der Waals surface area contributed by atoms with Crippen LogP contribution in [-0.4, -0.2) is 12.8 Å². The summed E-state index contributed by atoms with van der Waals surface area (Å²) in [5.74, 6) is 4.96. The van der Waals surface area contributed by atoms with Gasteiger partial charge < -0.3 is 0 Å². The van der Waals surface area contributed by atoms with E-state index in [2.05, 4.69) is 17.8 Å². The maximum atomic E-state index is 5.04. The fraction of sp³-hybridized carbons (Fsp3) is 1.00. The smallest absolute Gasteiger partial charge is 0.0827 e. The zero-order chi connectivity index (χ0) is 7.11. The van der Waals surface area contributed by atoms with Crippen molar-refractivity contribution in [2.24, 2.45) is 5.84 Å². The van der Waals surface area contributed by atoms with Gasteiger partial charge in [-0.1, -0.05) is 6.92 Å². The van der Waals surface area contributed by atoms with Gasteiger partial charge in [-0.25, -0.2) is 5.43 Å². The van der Waals surface area contributed by atoms with Crippen molar-refractivity contribution in [1.82, 2.24) is 10.9 Å². The Balaban J connectivity index is 2.88. The quantitative estimate of drug-likeness (QED) is 0.209. The van der Waals surface area contributed by atoms with E-state index in [0.29, 0.717) is 6.67 Å². The summed E-state index contributed by atoms with van der Waals surface area (Å²) in [4.78, 5) is 5.04. The molecule has 0 fully saturated rings. The van der Waals surface area contributed by atoms with Crippen molar-refractivity contribution in [3.63, 3.8) is 0 Å². The second-order valence-electron chi connectivity index (χ2n) is 1.86. The predicted octanol–water partition coefficient (Wildman–Crippen LogP) is -0.273. The summed E-state index contributed by atoms with van der Waals surface area (Å²) in [5, 5.41) is 0. The highest BCUT2D eigenvalue weighted by Crippen LogP contribution is 1.90. The van der Waals surface area contributed by atoms with Crippen LogP contribution in [0.1, 0.15) is 20.3 Å². The van der Waals surface area contributed by atoms with Crippen LogP contribution in [0.2, 0.25) is 0 Å². The SMILES string of the molecule is CCC(C)ONCNN. The molecule has 0 aromatic carbocycles. The van der Waals surface area contributed by atoms with E-state index in [1.165, 1.54) is 0 Å². The van der Waals surface area contributed by atoms with E-state index in [1.54, 1.807) is 0 Å². The average Bonchev–Trinajstić information content (AvgIpc) is 1.89. The number of nitrogens with two attached hydrogens (primary N) is 1. The maximum Gasteiger partial charge on any atom is 0.0827 e.